The number of carboxylic acids is 1. The third kappa shape index (κ3) is 4.09. The van der Waals surface area contributed by atoms with Gasteiger partial charge in [0.15, 0.2) is 0 Å². The first kappa shape index (κ1) is 14.1. The number of nitrogens with zero attached hydrogens (tertiary/aromatic N) is 2. The third-order valence-electron chi connectivity index (χ3n) is 2.72. The zero-order valence-electron chi connectivity index (χ0n) is 10.7. The van der Waals surface area contributed by atoms with Gasteiger partial charge in [-0.2, -0.15) is 0 Å². The van der Waals surface area contributed by atoms with Gasteiger partial charge in [-0.25, -0.2) is 4.98 Å². The minimum Gasteiger partial charge on any atom is -0.481 e. The van der Waals surface area contributed by atoms with Crippen LogP contribution in [0.4, 0.5) is 0 Å². The van der Waals surface area contributed by atoms with Gasteiger partial charge in [0.1, 0.15) is 5.01 Å². The molecule has 0 radical (unpaired) electrons. The number of carboxylic acid groups (broad SMARTS) is 1. The molecule has 0 aliphatic carbocycles. The Bertz CT molecular complexity index is 373. The molecule has 1 aromatic rings. The predicted molar refractivity (Wildman–Crippen MR) is 69.5 cm³/mol. The second-order valence-corrected chi connectivity index (χ2v) is 5.03. The van der Waals surface area contributed by atoms with Crippen LogP contribution in [-0.4, -0.2) is 34.0 Å². The van der Waals surface area contributed by atoms with Crippen molar-refractivity contribution in [2.45, 2.75) is 40.2 Å². The highest BCUT2D eigenvalue weighted by Gasteiger charge is 2.14. The second-order valence-electron chi connectivity index (χ2n) is 3.86. The second kappa shape index (κ2) is 6.71. The number of rotatable bonds is 7. The van der Waals surface area contributed by atoms with E-state index in [9.17, 15) is 4.79 Å². The van der Waals surface area contributed by atoms with Crippen LogP contribution in [0.2, 0.25) is 0 Å². The van der Waals surface area contributed by atoms with Gasteiger partial charge in [-0.3, -0.25) is 9.69 Å². The van der Waals surface area contributed by atoms with Crippen LogP contribution >= 0.6 is 11.3 Å². The number of thiazole rings is 1. The molecule has 4 nitrogen and oxygen atoms in total. The van der Waals surface area contributed by atoms with Crippen molar-refractivity contribution in [3.05, 3.63) is 15.6 Å². The standard InChI is InChI=1S/C12H20N2O2S/c1-4-9-10(7-12(15)16)17-11(13-9)8-14(5-2)6-3/h4-8H2,1-3H3,(H,15,16). The Morgan fingerprint density at radius 2 is 2.00 bits per heavy atom. The summed E-state index contributed by atoms with van der Waals surface area (Å²) in [5.74, 6) is -0.780. The van der Waals surface area contributed by atoms with Crippen LogP contribution in [0.1, 0.15) is 36.3 Å². The van der Waals surface area contributed by atoms with Crippen LogP contribution in [0.15, 0.2) is 0 Å². The summed E-state index contributed by atoms with van der Waals surface area (Å²) >= 11 is 1.54. The normalized spacial score (nSPS) is 11.1. The summed E-state index contributed by atoms with van der Waals surface area (Å²) in [6.07, 6.45) is 0.899. The SMILES string of the molecule is CCc1nc(CN(CC)CC)sc1CC(=O)O. The fourth-order valence-electron chi connectivity index (χ4n) is 1.69. The van der Waals surface area contributed by atoms with E-state index in [1.54, 1.807) is 0 Å². The van der Waals surface area contributed by atoms with E-state index in [1.807, 2.05) is 6.92 Å². The summed E-state index contributed by atoms with van der Waals surface area (Å²) in [6, 6.07) is 0. The van der Waals surface area contributed by atoms with Gasteiger partial charge in [0.2, 0.25) is 0 Å². The number of hydrogen-bond acceptors (Lipinski definition) is 4. The molecule has 1 N–H and O–H groups in total. The molecular weight excluding hydrogens is 236 g/mol. The van der Waals surface area contributed by atoms with Gasteiger partial charge in [-0.05, 0) is 19.5 Å². The molecule has 1 heterocycles. The van der Waals surface area contributed by atoms with Crippen molar-refractivity contribution in [3.63, 3.8) is 0 Å². The summed E-state index contributed by atoms with van der Waals surface area (Å²) in [6.45, 7) is 9.06. The quantitative estimate of drug-likeness (QED) is 0.812. The molecule has 0 aliphatic rings. The van der Waals surface area contributed by atoms with Crippen LogP contribution in [0, 0.1) is 0 Å². The van der Waals surface area contributed by atoms with Crippen LogP contribution in [-0.2, 0) is 24.2 Å². The Kier molecular flexibility index (Phi) is 5.58. The first-order valence-corrected chi connectivity index (χ1v) is 6.83. The zero-order valence-corrected chi connectivity index (χ0v) is 11.5. The van der Waals surface area contributed by atoms with Gasteiger partial charge in [-0.15, -0.1) is 11.3 Å². The van der Waals surface area contributed by atoms with E-state index in [-0.39, 0.29) is 6.42 Å². The van der Waals surface area contributed by atoms with Gasteiger partial charge >= 0.3 is 5.97 Å². The van der Waals surface area contributed by atoms with Crippen molar-refractivity contribution in [2.24, 2.45) is 0 Å². The molecule has 0 aromatic carbocycles. The van der Waals surface area contributed by atoms with Crippen molar-refractivity contribution in [1.82, 2.24) is 9.88 Å². The molecule has 0 saturated carbocycles. The lowest BCUT2D eigenvalue weighted by Gasteiger charge is -2.15. The number of hydrogen-bond donors (Lipinski definition) is 1. The first-order valence-electron chi connectivity index (χ1n) is 6.02. The third-order valence-corrected chi connectivity index (χ3v) is 3.80. The molecule has 0 unspecified atom stereocenters. The Morgan fingerprint density at radius 3 is 2.47 bits per heavy atom. The van der Waals surface area contributed by atoms with Gasteiger partial charge in [0.25, 0.3) is 0 Å². The van der Waals surface area contributed by atoms with E-state index in [4.69, 9.17) is 5.11 Å². The maximum Gasteiger partial charge on any atom is 0.308 e. The highest BCUT2D eigenvalue weighted by molar-refractivity contribution is 7.11. The van der Waals surface area contributed by atoms with E-state index in [0.717, 1.165) is 41.6 Å². The smallest absolute Gasteiger partial charge is 0.308 e. The Labute approximate surface area is 106 Å². The average Bonchev–Trinajstić information content (AvgIpc) is 2.67. The van der Waals surface area contributed by atoms with Crippen molar-refractivity contribution in [2.75, 3.05) is 13.1 Å². The molecule has 0 atom stereocenters. The minimum absolute atomic E-state index is 0.0963. The van der Waals surface area contributed by atoms with Crippen LogP contribution < -0.4 is 0 Å². The van der Waals surface area contributed by atoms with E-state index < -0.39 is 5.97 Å². The van der Waals surface area contributed by atoms with E-state index in [0.29, 0.717) is 0 Å². The van der Waals surface area contributed by atoms with E-state index >= 15 is 0 Å². The maximum atomic E-state index is 10.7. The monoisotopic (exact) mass is 256 g/mol. The van der Waals surface area contributed by atoms with E-state index in [2.05, 4.69) is 23.7 Å². The van der Waals surface area contributed by atoms with Crippen molar-refractivity contribution >= 4 is 17.3 Å². The lowest BCUT2D eigenvalue weighted by Crippen LogP contribution is -2.21. The zero-order chi connectivity index (χ0) is 12.8. The molecule has 96 valence electrons. The van der Waals surface area contributed by atoms with Gasteiger partial charge < -0.3 is 5.11 Å². The largest absolute Gasteiger partial charge is 0.481 e. The van der Waals surface area contributed by atoms with Crippen molar-refractivity contribution in [1.29, 1.82) is 0 Å². The minimum atomic E-state index is -0.780. The molecule has 0 saturated heterocycles. The highest BCUT2D eigenvalue weighted by atomic mass is 32.1. The van der Waals surface area contributed by atoms with Crippen molar-refractivity contribution < 1.29 is 9.90 Å². The summed E-state index contributed by atoms with van der Waals surface area (Å²) in [5.41, 5.74) is 0.944. The lowest BCUT2D eigenvalue weighted by molar-refractivity contribution is -0.136. The predicted octanol–water partition coefficient (Wildman–Crippen LogP) is 2.17. The number of aryl methyl sites for hydroxylation is 1. The molecule has 0 amide bonds. The van der Waals surface area contributed by atoms with Crippen LogP contribution in [0.25, 0.3) is 0 Å². The Balaban J connectivity index is 2.80. The van der Waals surface area contributed by atoms with Crippen molar-refractivity contribution in [3.8, 4) is 0 Å². The van der Waals surface area contributed by atoms with Crippen LogP contribution in [0.5, 0.6) is 0 Å². The molecule has 0 fully saturated rings. The molecule has 0 bridgehead atoms. The molecule has 1 rings (SSSR count). The van der Waals surface area contributed by atoms with E-state index in [1.165, 1.54) is 11.3 Å². The fourth-order valence-corrected chi connectivity index (χ4v) is 2.89. The number of aromatic nitrogens is 1. The summed E-state index contributed by atoms with van der Waals surface area (Å²) in [7, 11) is 0. The first-order chi connectivity index (χ1) is 8.10. The van der Waals surface area contributed by atoms with Gasteiger partial charge in [-0.1, -0.05) is 20.8 Å². The molecule has 0 aliphatic heterocycles. The molecule has 5 heteroatoms. The Hall–Kier alpha value is -0.940. The van der Waals surface area contributed by atoms with Gasteiger partial charge in [0, 0.05) is 4.88 Å². The Morgan fingerprint density at radius 1 is 1.35 bits per heavy atom. The number of carbonyl (C=O) groups is 1. The molecule has 17 heavy (non-hydrogen) atoms. The topological polar surface area (TPSA) is 53.4 Å². The summed E-state index contributed by atoms with van der Waals surface area (Å²) in [4.78, 5) is 18.5. The van der Waals surface area contributed by atoms with Gasteiger partial charge in [0.05, 0.1) is 18.7 Å². The lowest BCUT2D eigenvalue weighted by atomic mass is 10.2. The average molecular weight is 256 g/mol. The molecular formula is C12H20N2O2S. The number of aliphatic carboxylic acids is 1. The fraction of sp³-hybridized carbons (Fsp3) is 0.667. The summed E-state index contributed by atoms with van der Waals surface area (Å²) < 4.78 is 0. The molecule has 0 spiro atoms. The van der Waals surface area contributed by atoms with Crippen LogP contribution in [0.3, 0.4) is 0 Å². The maximum absolute atomic E-state index is 10.7. The molecule has 1 aromatic heterocycles. The highest BCUT2D eigenvalue weighted by Crippen LogP contribution is 2.21. The summed E-state index contributed by atoms with van der Waals surface area (Å²) in [5, 5.41) is 9.87.